The maximum Gasteiger partial charge on any atom is 0.305 e. The largest absolute Gasteiger partial charge is 0.481 e. The summed E-state index contributed by atoms with van der Waals surface area (Å²) in [4.78, 5) is 25.3. The van der Waals surface area contributed by atoms with Gasteiger partial charge in [-0.05, 0) is 44.5 Å². The van der Waals surface area contributed by atoms with Gasteiger partial charge in [0, 0.05) is 35.6 Å². The molecule has 0 spiro atoms. The molecule has 1 aromatic heterocycles. The molecular weight excluding hydrogens is 316 g/mol. The molecule has 0 radical (unpaired) electrons. The summed E-state index contributed by atoms with van der Waals surface area (Å²) in [6.45, 7) is 7.07. The molecule has 1 amide bonds. The smallest absolute Gasteiger partial charge is 0.305 e. The Hall–Kier alpha value is -2.01. The fourth-order valence-corrected chi connectivity index (χ4v) is 3.05. The van der Waals surface area contributed by atoms with Gasteiger partial charge in [-0.25, -0.2) is 0 Å². The number of aliphatic carboxylic acids is 1. The first-order chi connectivity index (χ1) is 10.9. The predicted molar refractivity (Wildman–Crippen MR) is 91.2 cm³/mol. The van der Waals surface area contributed by atoms with Crippen molar-refractivity contribution >= 4 is 34.4 Å². The van der Waals surface area contributed by atoms with Crippen molar-refractivity contribution in [2.45, 2.75) is 33.7 Å². The Bertz CT molecular complexity index is 752. The second kappa shape index (κ2) is 7.04. The van der Waals surface area contributed by atoms with E-state index in [4.69, 9.17) is 16.7 Å². The highest BCUT2D eigenvalue weighted by atomic mass is 35.5. The molecule has 1 heterocycles. The molecule has 6 heteroatoms. The second-order valence-electron chi connectivity index (χ2n) is 5.41. The van der Waals surface area contributed by atoms with Gasteiger partial charge < -0.3 is 14.6 Å². The number of amides is 1. The van der Waals surface area contributed by atoms with E-state index in [0.29, 0.717) is 23.8 Å². The van der Waals surface area contributed by atoms with Crippen LogP contribution in [0.2, 0.25) is 5.02 Å². The lowest BCUT2D eigenvalue weighted by molar-refractivity contribution is -0.137. The molecule has 0 fully saturated rings. The number of carbonyl (C=O) groups excluding carboxylic acids is 1. The number of carbonyl (C=O) groups is 2. The van der Waals surface area contributed by atoms with E-state index in [0.717, 1.165) is 16.5 Å². The fraction of sp³-hybridized carbons (Fsp3) is 0.412. The van der Waals surface area contributed by atoms with Gasteiger partial charge in [0.1, 0.15) is 5.69 Å². The minimum Gasteiger partial charge on any atom is -0.481 e. The first-order valence-electron chi connectivity index (χ1n) is 7.70. The van der Waals surface area contributed by atoms with Crippen LogP contribution < -0.4 is 0 Å². The SMILES string of the molecule is CCN(CCC(=O)O)C(=O)c1c(C)c2cc(Cl)ccc2n1CC. The van der Waals surface area contributed by atoms with Crippen LogP contribution in [-0.4, -0.2) is 39.5 Å². The van der Waals surface area contributed by atoms with Crippen LogP contribution in [0.4, 0.5) is 0 Å². The number of halogens is 1. The molecule has 1 aromatic carbocycles. The molecule has 0 aliphatic heterocycles. The lowest BCUT2D eigenvalue weighted by Gasteiger charge is -2.21. The Balaban J connectivity index is 2.50. The summed E-state index contributed by atoms with van der Waals surface area (Å²) in [5.74, 6) is -1.05. The Kier molecular flexibility index (Phi) is 5.31. The average Bonchev–Trinajstić information content (AvgIpc) is 2.79. The standard InChI is InChI=1S/C17H21ClN2O3/c1-4-19(9-8-15(21)22)17(23)16-11(3)13-10-12(18)6-7-14(13)20(16)5-2/h6-7,10H,4-5,8-9H2,1-3H3,(H,21,22). The number of hydrogen-bond acceptors (Lipinski definition) is 2. The van der Waals surface area contributed by atoms with Gasteiger partial charge in [-0.1, -0.05) is 11.6 Å². The molecule has 2 aromatic rings. The molecule has 23 heavy (non-hydrogen) atoms. The molecule has 0 saturated heterocycles. The molecule has 0 bridgehead atoms. The second-order valence-corrected chi connectivity index (χ2v) is 5.84. The maximum atomic E-state index is 12.9. The van der Waals surface area contributed by atoms with Crippen LogP contribution in [0.25, 0.3) is 10.9 Å². The normalized spacial score (nSPS) is 11.0. The number of nitrogens with zero attached hydrogens (tertiary/aromatic N) is 2. The number of carboxylic acid groups (broad SMARTS) is 1. The fourth-order valence-electron chi connectivity index (χ4n) is 2.88. The Morgan fingerprint density at radius 2 is 2.00 bits per heavy atom. The summed E-state index contributed by atoms with van der Waals surface area (Å²) >= 11 is 6.08. The third kappa shape index (κ3) is 3.34. The number of fused-ring (bicyclic) bond motifs is 1. The van der Waals surface area contributed by atoms with Gasteiger partial charge in [0.05, 0.1) is 6.42 Å². The molecule has 0 unspecified atom stereocenters. The monoisotopic (exact) mass is 336 g/mol. The van der Waals surface area contributed by atoms with E-state index in [1.165, 1.54) is 0 Å². The molecule has 124 valence electrons. The van der Waals surface area contributed by atoms with Crippen molar-refractivity contribution < 1.29 is 14.7 Å². The van der Waals surface area contributed by atoms with Crippen molar-refractivity contribution in [1.82, 2.24) is 9.47 Å². The van der Waals surface area contributed by atoms with E-state index in [-0.39, 0.29) is 18.9 Å². The molecule has 0 aliphatic carbocycles. The minimum atomic E-state index is -0.907. The summed E-state index contributed by atoms with van der Waals surface area (Å²) < 4.78 is 1.97. The van der Waals surface area contributed by atoms with Crippen molar-refractivity contribution in [2.24, 2.45) is 0 Å². The van der Waals surface area contributed by atoms with Gasteiger partial charge >= 0.3 is 5.97 Å². The van der Waals surface area contributed by atoms with Crippen LogP contribution >= 0.6 is 11.6 Å². The average molecular weight is 337 g/mol. The van der Waals surface area contributed by atoms with Crippen molar-refractivity contribution in [3.63, 3.8) is 0 Å². The summed E-state index contributed by atoms with van der Waals surface area (Å²) in [6, 6.07) is 5.59. The summed E-state index contributed by atoms with van der Waals surface area (Å²) in [7, 11) is 0. The van der Waals surface area contributed by atoms with Crippen molar-refractivity contribution in [2.75, 3.05) is 13.1 Å². The molecule has 1 N–H and O–H groups in total. The van der Waals surface area contributed by atoms with E-state index in [1.54, 1.807) is 4.90 Å². The third-order valence-electron chi connectivity index (χ3n) is 4.06. The van der Waals surface area contributed by atoms with Gasteiger partial charge in [0.25, 0.3) is 5.91 Å². The van der Waals surface area contributed by atoms with Crippen LogP contribution in [0, 0.1) is 6.92 Å². The number of hydrogen-bond donors (Lipinski definition) is 1. The number of aryl methyl sites for hydroxylation is 2. The number of carboxylic acids is 1. The molecule has 0 aliphatic rings. The van der Waals surface area contributed by atoms with Crippen LogP contribution in [0.1, 0.15) is 36.3 Å². The zero-order chi connectivity index (χ0) is 17.1. The van der Waals surface area contributed by atoms with Crippen molar-refractivity contribution in [1.29, 1.82) is 0 Å². The molecular formula is C17H21ClN2O3. The molecule has 0 atom stereocenters. The highest BCUT2D eigenvalue weighted by Gasteiger charge is 2.24. The van der Waals surface area contributed by atoms with Gasteiger partial charge in [0.2, 0.25) is 0 Å². The number of rotatable bonds is 6. The Morgan fingerprint density at radius 3 is 2.57 bits per heavy atom. The maximum absolute atomic E-state index is 12.9. The first kappa shape index (κ1) is 17.3. The van der Waals surface area contributed by atoms with Gasteiger partial charge in [-0.3, -0.25) is 9.59 Å². The van der Waals surface area contributed by atoms with E-state index in [1.807, 2.05) is 43.5 Å². The quantitative estimate of drug-likeness (QED) is 0.877. The van der Waals surface area contributed by atoms with E-state index in [2.05, 4.69) is 0 Å². The lowest BCUT2D eigenvalue weighted by atomic mass is 10.1. The van der Waals surface area contributed by atoms with Crippen LogP contribution in [0.3, 0.4) is 0 Å². The van der Waals surface area contributed by atoms with Crippen molar-refractivity contribution in [3.8, 4) is 0 Å². The third-order valence-corrected chi connectivity index (χ3v) is 4.30. The van der Waals surface area contributed by atoms with E-state index >= 15 is 0 Å². The molecule has 5 nitrogen and oxygen atoms in total. The van der Waals surface area contributed by atoms with E-state index in [9.17, 15) is 9.59 Å². The van der Waals surface area contributed by atoms with Crippen LogP contribution in [0.15, 0.2) is 18.2 Å². The highest BCUT2D eigenvalue weighted by Crippen LogP contribution is 2.29. The molecule has 2 rings (SSSR count). The summed E-state index contributed by atoms with van der Waals surface area (Å²) in [5, 5.41) is 10.4. The topological polar surface area (TPSA) is 62.5 Å². The zero-order valence-electron chi connectivity index (χ0n) is 13.6. The summed E-state index contributed by atoms with van der Waals surface area (Å²) in [6.07, 6.45) is -0.0587. The Labute approximate surface area is 140 Å². The number of aromatic nitrogens is 1. The zero-order valence-corrected chi connectivity index (χ0v) is 14.4. The van der Waals surface area contributed by atoms with Crippen LogP contribution in [-0.2, 0) is 11.3 Å². The first-order valence-corrected chi connectivity index (χ1v) is 8.07. The van der Waals surface area contributed by atoms with Crippen molar-refractivity contribution in [3.05, 3.63) is 34.5 Å². The van der Waals surface area contributed by atoms with Gasteiger partial charge in [-0.2, -0.15) is 0 Å². The molecule has 0 saturated carbocycles. The lowest BCUT2D eigenvalue weighted by Crippen LogP contribution is -2.34. The summed E-state index contributed by atoms with van der Waals surface area (Å²) in [5.41, 5.74) is 2.45. The van der Waals surface area contributed by atoms with Gasteiger partial charge in [-0.15, -0.1) is 0 Å². The minimum absolute atomic E-state index is 0.0587. The predicted octanol–water partition coefficient (Wildman–Crippen LogP) is 3.56. The Morgan fingerprint density at radius 1 is 1.30 bits per heavy atom. The van der Waals surface area contributed by atoms with E-state index < -0.39 is 5.97 Å². The number of benzene rings is 1. The highest BCUT2D eigenvalue weighted by molar-refractivity contribution is 6.31. The van der Waals surface area contributed by atoms with Crippen LogP contribution in [0.5, 0.6) is 0 Å². The van der Waals surface area contributed by atoms with Gasteiger partial charge in [0.15, 0.2) is 0 Å².